The molecule has 0 unspecified atom stereocenters. The molecular weight excluding hydrogens is 240 g/mol. The average molecular weight is 277 g/mol. The maximum atomic E-state index is 2.33. The minimum Gasteiger partial charge on any atom is -0.0683 e. The lowest BCUT2D eigenvalue weighted by molar-refractivity contribution is 0.538. The molecule has 0 nitrogen and oxygen atoms in total. The van der Waals surface area contributed by atoms with Crippen molar-refractivity contribution in [3.63, 3.8) is 0 Å². The van der Waals surface area contributed by atoms with E-state index in [1.165, 1.54) is 62.5 Å². The molecule has 0 spiro atoms. The lowest BCUT2D eigenvalue weighted by atomic mass is 10.0. The van der Waals surface area contributed by atoms with Gasteiger partial charge in [0.25, 0.3) is 0 Å². The fourth-order valence-electron chi connectivity index (χ4n) is 2.33. The van der Waals surface area contributed by atoms with Gasteiger partial charge in [-0.15, -0.1) is 0 Å². The Balaban J connectivity index is 0.00000172. The Morgan fingerprint density at radius 1 is 0.750 bits per heavy atom. The first-order chi connectivity index (χ1) is 9.72. The first-order valence-electron chi connectivity index (χ1n) is 8.80. The zero-order chi connectivity index (χ0) is 15.2. The molecule has 0 fully saturated rings. The fourth-order valence-corrected chi connectivity index (χ4v) is 2.33. The standard InChI is InChI=1S/C18H30.C2H6/c1-4-5-6-10-17-12-14-18(15-13-17)11-8-7-9-16(2)3;1-2/h12-16H,4-11H2,1-3H3;1-2H3. The van der Waals surface area contributed by atoms with Crippen molar-refractivity contribution in [2.24, 2.45) is 5.92 Å². The van der Waals surface area contributed by atoms with Gasteiger partial charge in [-0.05, 0) is 42.7 Å². The summed E-state index contributed by atoms with van der Waals surface area (Å²) >= 11 is 0. The molecule has 0 saturated heterocycles. The van der Waals surface area contributed by atoms with E-state index >= 15 is 0 Å². The molecule has 20 heavy (non-hydrogen) atoms. The predicted molar refractivity (Wildman–Crippen MR) is 93.4 cm³/mol. The van der Waals surface area contributed by atoms with E-state index in [2.05, 4.69) is 45.0 Å². The van der Waals surface area contributed by atoms with Gasteiger partial charge >= 0.3 is 0 Å². The van der Waals surface area contributed by atoms with Crippen molar-refractivity contribution in [1.29, 1.82) is 0 Å². The van der Waals surface area contributed by atoms with E-state index < -0.39 is 0 Å². The Hall–Kier alpha value is -0.780. The molecule has 0 aliphatic rings. The summed E-state index contributed by atoms with van der Waals surface area (Å²) < 4.78 is 0. The lowest BCUT2D eigenvalue weighted by Crippen LogP contribution is -1.91. The second kappa shape index (κ2) is 13.2. The molecule has 0 amide bonds. The Morgan fingerprint density at radius 2 is 1.20 bits per heavy atom. The van der Waals surface area contributed by atoms with Gasteiger partial charge < -0.3 is 0 Å². The number of rotatable bonds is 9. The highest BCUT2D eigenvalue weighted by atomic mass is 14.0. The molecule has 0 N–H and O–H groups in total. The van der Waals surface area contributed by atoms with Crippen molar-refractivity contribution in [3.05, 3.63) is 35.4 Å². The third-order valence-corrected chi connectivity index (χ3v) is 3.59. The largest absolute Gasteiger partial charge is 0.0683 e. The maximum absolute atomic E-state index is 2.33. The normalized spacial score (nSPS) is 10.3. The van der Waals surface area contributed by atoms with Gasteiger partial charge in [0.05, 0.1) is 0 Å². The second-order valence-corrected chi connectivity index (χ2v) is 5.91. The number of benzene rings is 1. The highest BCUT2D eigenvalue weighted by Gasteiger charge is 1.97. The Labute approximate surface area is 128 Å². The van der Waals surface area contributed by atoms with Crippen molar-refractivity contribution < 1.29 is 0 Å². The van der Waals surface area contributed by atoms with E-state index in [4.69, 9.17) is 0 Å². The minimum absolute atomic E-state index is 0.853. The molecule has 0 heterocycles. The minimum atomic E-state index is 0.853. The topological polar surface area (TPSA) is 0 Å². The van der Waals surface area contributed by atoms with Crippen LogP contribution in [0.3, 0.4) is 0 Å². The number of hydrogen-bond donors (Lipinski definition) is 0. The van der Waals surface area contributed by atoms with Gasteiger partial charge in [0, 0.05) is 0 Å². The van der Waals surface area contributed by atoms with Crippen molar-refractivity contribution in [2.45, 2.75) is 86.0 Å². The maximum Gasteiger partial charge on any atom is -0.0279 e. The number of hydrogen-bond acceptors (Lipinski definition) is 0. The van der Waals surface area contributed by atoms with Gasteiger partial charge in [-0.3, -0.25) is 0 Å². The first-order valence-corrected chi connectivity index (χ1v) is 8.80. The molecule has 0 aliphatic carbocycles. The SMILES string of the molecule is CC.CCCCCc1ccc(CCCCC(C)C)cc1. The van der Waals surface area contributed by atoms with Gasteiger partial charge in [0.15, 0.2) is 0 Å². The summed E-state index contributed by atoms with van der Waals surface area (Å²) in [6, 6.07) is 9.31. The molecule has 0 saturated carbocycles. The van der Waals surface area contributed by atoms with Crippen molar-refractivity contribution in [1.82, 2.24) is 0 Å². The average Bonchev–Trinajstić information content (AvgIpc) is 2.47. The zero-order valence-corrected chi connectivity index (χ0v) is 14.5. The van der Waals surface area contributed by atoms with Crippen LogP contribution in [-0.4, -0.2) is 0 Å². The van der Waals surface area contributed by atoms with Crippen LogP contribution >= 0.6 is 0 Å². The van der Waals surface area contributed by atoms with E-state index in [0.717, 1.165) is 5.92 Å². The first kappa shape index (κ1) is 19.2. The smallest absolute Gasteiger partial charge is 0.0279 e. The molecular formula is C20H36. The molecule has 0 radical (unpaired) electrons. The third kappa shape index (κ3) is 10.1. The molecule has 1 rings (SSSR count). The van der Waals surface area contributed by atoms with Crippen LogP contribution in [0, 0.1) is 5.92 Å². The van der Waals surface area contributed by atoms with Gasteiger partial charge in [0.2, 0.25) is 0 Å². The Kier molecular flexibility index (Phi) is 12.7. The van der Waals surface area contributed by atoms with Crippen LogP contribution in [0.5, 0.6) is 0 Å². The van der Waals surface area contributed by atoms with Gasteiger partial charge in [-0.25, -0.2) is 0 Å². The van der Waals surface area contributed by atoms with E-state index in [1.54, 1.807) is 0 Å². The summed E-state index contributed by atoms with van der Waals surface area (Å²) in [6.45, 7) is 10.9. The van der Waals surface area contributed by atoms with Crippen molar-refractivity contribution in [3.8, 4) is 0 Å². The molecule has 116 valence electrons. The lowest BCUT2D eigenvalue weighted by Gasteiger charge is -2.06. The van der Waals surface area contributed by atoms with Crippen molar-refractivity contribution >= 4 is 0 Å². The predicted octanol–water partition coefficient (Wildman–Crippen LogP) is 6.81. The van der Waals surface area contributed by atoms with Crippen LogP contribution in [0.1, 0.15) is 84.3 Å². The molecule has 1 aromatic carbocycles. The van der Waals surface area contributed by atoms with Crippen LogP contribution in [0.25, 0.3) is 0 Å². The summed E-state index contributed by atoms with van der Waals surface area (Å²) in [5.74, 6) is 0.853. The summed E-state index contributed by atoms with van der Waals surface area (Å²) in [4.78, 5) is 0. The highest BCUT2D eigenvalue weighted by molar-refractivity contribution is 5.22. The molecule has 0 aliphatic heterocycles. The summed E-state index contributed by atoms with van der Waals surface area (Å²) in [5, 5.41) is 0. The monoisotopic (exact) mass is 276 g/mol. The van der Waals surface area contributed by atoms with E-state index in [9.17, 15) is 0 Å². The van der Waals surface area contributed by atoms with E-state index in [1.807, 2.05) is 13.8 Å². The quantitative estimate of drug-likeness (QED) is 0.434. The Morgan fingerprint density at radius 3 is 1.60 bits per heavy atom. The zero-order valence-electron chi connectivity index (χ0n) is 14.5. The van der Waals surface area contributed by atoms with Crippen molar-refractivity contribution in [2.75, 3.05) is 0 Å². The Bertz CT molecular complexity index is 294. The molecule has 0 bridgehead atoms. The van der Waals surface area contributed by atoms with E-state index in [-0.39, 0.29) is 0 Å². The third-order valence-electron chi connectivity index (χ3n) is 3.59. The summed E-state index contributed by atoms with van der Waals surface area (Å²) in [7, 11) is 0. The number of unbranched alkanes of at least 4 members (excludes halogenated alkanes) is 3. The summed E-state index contributed by atoms with van der Waals surface area (Å²) in [5.41, 5.74) is 3.02. The van der Waals surface area contributed by atoms with Crippen LogP contribution in [0.15, 0.2) is 24.3 Å². The van der Waals surface area contributed by atoms with Crippen LogP contribution in [0.2, 0.25) is 0 Å². The fraction of sp³-hybridized carbons (Fsp3) is 0.700. The van der Waals surface area contributed by atoms with Crippen LogP contribution in [0.4, 0.5) is 0 Å². The summed E-state index contributed by atoms with van der Waals surface area (Å²) in [6.07, 6.45) is 10.6. The molecule has 1 aromatic rings. The van der Waals surface area contributed by atoms with Gasteiger partial charge in [-0.1, -0.05) is 84.6 Å². The number of aryl methyl sites for hydroxylation is 2. The molecule has 0 aromatic heterocycles. The van der Waals surface area contributed by atoms with Crippen LogP contribution in [-0.2, 0) is 12.8 Å². The second-order valence-electron chi connectivity index (χ2n) is 5.91. The van der Waals surface area contributed by atoms with Crippen LogP contribution < -0.4 is 0 Å². The van der Waals surface area contributed by atoms with Gasteiger partial charge in [0.1, 0.15) is 0 Å². The highest BCUT2D eigenvalue weighted by Crippen LogP contribution is 2.13. The molecule has 0 heteroatoms. The van der Waals surface area contributed by atoms with Gasteiger partial charge in [-0.2, -0.15) is 0 Å². The van der Waals surface area contributed by atoms with E-state index in [0.29, 0.717) is 0 Å². The molecule has 0 atom stereocenters.